The van der Waals surface area contributed by atoms with Crippen LogP contribution in [0.15, 0.2) is 18.2 Å². The number of hydrogen-bond acceptors (Lipinski definition) is 1. The fourth-order valence-electron chi connectivity index (χ4n) is 2.13. The van der Waals surface area contributed by atoms with Crippen LogP contribution < -0.4 is 5.32 Å². The third kappa shape index (κ3) is 1.83. The second-order valence-corrected chi connectivity index (χ2v) is 5.02. The van der Waals surface area contributed by atoms with E-state index in [0.717, 1.165) is 0 Å². The fourth-order valence-corrected chi connectivity index (χ4v) is 2.13. The molecule has 0 aromatic heterocycles. The molecule has 1 N–H and O–H groups in total. The van der Waals surface area contributed by atoms with E-state index in [9.17, 15) is 0 Å². The predicted molar refractivity (Wildman–Crippen MR) is 60.6 cm³/mol. The monoisotopic (exact) mass is 189 g/mol. The minimum absolute atomic E-state index is 0.499. The van der Waals surface area contributed by atoms with Gasteiger partial charge in [0.15, 0.2) is 0 Å². The Kier molecular flexibility index (Phi) is 2.36. The van der Waals surface area contributed by atoms with Crippen molar-refractivity contribution in [3.8, 4) is 0 Å². The quantitative estimate of drug-likeness (QED) is 0.753. The lowest BCUT2D eigenvalue weighted by atomic mass is 9.77. The third-order valence-corrected chi connectivity index (χ3v) is 3.23. The van der Waals surface area contributed by atoms with Gasteiger partial charge in [-0.15, -0.1) is 0 Å². The largest absolute Gasteiger partial charge is 0.316 e. The van der Waals surface area contributed by atoms with Gasteiger partial charge in [-0.25, -0.2) is 0 Å². The number of rotatable bonds is 2. The summed E-state index contributed by atoms with van der Waals surface area (Å²) in [6.45, 7) is 9.08. The Morgan fingerprint density at radius 3 is 2.57 bits per heavy atom. The van der Waals surface area contributed by atoms with E-state index in [1.165, 1.54) is 36.2 Å². The van der Waals surface area contributed by atoms with Crippen LogP contribution in [-0.4, -0.2) is 13.1 Å². The Bertz CT molecular complexity index is 337. The molecule has 0 aliphatic carbocycles. The minimum atomic E-state index is 0.499. The summed E-state index contributed by atoms with van der Waals surface area (Å²) in [4.78, 5) is 0. The maximum Gasteiger partial charge on any atom is 0.00208 e. The van der Waals surface area contributed by atoms with E-state index in [2.05, 4.69) is 44.3 Å². The summed E-state index contributed by atoms with van der Waals surface area (Å²) in [6.07, 6.45) is 1.22. The van der Waals surface area contributed by atoms with Crippen molar-refractivity contribution in [3.05, 3.63) is 34.9 Å². The Balaban J connectivity index is 2.19. The lowest BCUT2D eigenvalue weighted by Crippen LogP contribution is -2.52. The summed E-state index contributed by atoms with van der Waals surface area (Å²) in [5.41, 5.74) is 4.83. The molecule has 0 spiro atoms. The molecule has 0 radical (unpaired) electrons. The first kappa shape index (κ1) is 9.72. The highest BCUT2D eigenvalue weighted by Gasteiger charge is 2.31. The van der Waals surface area contributed by atoms with E-state index in [1.807, 2.05) is 0 Å². The first-order valence-electron chi connectivity index (χ1n) is 5.36. The van der Waals surface area contributed by atoms with Gasteiger partial charge in [-0.3, -0.25) is 0 Å². The molecule has 76 valence electrons. The van der Waals surface area contributed by atoms with Gasteiger partial charge in [0.25, 0.3) is 0 Å². The normalized spacial score (nSPS) is 19.1. The van der Waals surface area contributed by atoms with Crippen LogP contribution >= 0.6 is 0 Å². The van der Waals surface area contributed by atoms with Crippen LogP contribution in [0.2, 0.25) is 0 Å². The molecule has 1 heterocycles. The van der Waals surface area contributed by atoms with Gasteiger partial charge in [0, 0.05) is 13.1 Å². The Morgan fingerprint density at radius 1 is 1.29 bits per heavy atom. The number of nitrogens with one attached hydrogen (secondary N) is 1. The predicted octanol–water partition coefficient (Wildman–Crippen LogP) is 2.46. The third-order valence-electron chi connectivity index (χ3n) is 3.23. The molecule has 1 heteroatoms. The molecule has 2 rings (SSSR count). The van der Waals surface area contributed by atoms with Gasteiger partial charge in [0.2, 0.25) is 0 Å². The van der Waals surface area contributed by atoms with Gasteiger partial charge in [-0.2, -0.15) is 0 Å². The molecule has 1 aromatic rings. The average molecular weight is 189 g/mol. The van der Waals surface area contributed by atoms with Crippen molar-refractivity contribution in [1.29, 1.82) is 0 Å². The van der Waals surface area contributed by atoms with Gasteiger partial charge in [0.1, 0.15) is 0 Å². The van der Waals surface area contributed by atoms with Crippen LogP contribution in [0.25, 0.3) is 0 Å². The van der Waals surface area contributed by atoms with Crippen LogP contribution in [0, 0.1) is 19.3 Å². The van der Waals surface area contributed by atoms with Crippen LogP contribution in [0.4, 0.5) is 0 Å². The molecule has 1 fully saturated rings. The summed E-state index contributed by atoms with van der Waals surface area (Å²) >= 11 is 0. The SMILES string of the molecule is Cc1ccc(C)c(CC2(C)CNC2)c1. The lowest BCUT2D eigenvalue weighted by molar-refractivity contribution is 0.195. The van der Waals surface area contributed by atoms with Gasteiger partial charge >= 0.3 is 0 Å². The zero-order valence-corrected chi connectivity index (χ0v) is 9.35. The number of benzene rings is 1. The first-order valence-corrected chi connectivity index (χ1v) is 5.36. The van der Waals surface area contributed by atoms with Crippen LogP contribution in [0.1, 0.15) is 23.6 Å². The molecule has 1 saturated heterocycles. The van der Waals surface area contributed by atoms with E-state index in [1.54, 1.807) is 0 Å². The fraction of sp³-hybridized carbons (Fsp3) is 0.538. The van der Waals surface area contributed by atoms with E-state index in [-0.39, 0.29) is 0 Å². The molecular formula is C13H19N. The zero-order valence-electron chi connectivity index (χ0n) is 9.35. The van der Waals surface area contributed by atoms with E-state index < -0.39 is 0 Å². The van der Waals surface area contributed by atoms with Crippen molar-refractivity contribution in [2.45, 2.75) is 27.2 Å². The molecule has 0 amide bonds. The summed E-state index contributed by atoms with van der Waals surface area (Å²) in [5.74, 6) is 0. The van der Waals surface area contributed by atoms with Crippen molar-refractivity contribution >= 4 is 0 Å². The van der Waals surface area contributed by atoms with Gasteiger partial charge in [0.05, 0.1) is 0 Å². The Hall–Kier alpha value is -0.820. The van der Waals surface area contributed by atoms with Crippen LogP contribution in [0.3, 0.4) is 0 Å². The van der Waals surface area contributed by atoms with E-state index >= 15 is 0 Å². The van der Waals surface area contributed by atoms with Crippen LogP contribution in [0.5, 0.6) is 0 Å². The smallest absolute Gasteiger partial charge is 0.00208 e. The molecule has 1 nitrogen and oxygen atoms in total. The highest BCUT2D eigenvalue weighted by molar-refractivity contribution is 5.31. The maximum absolute atomic E-state index is 3.36. The maximum atomic E-state index is 3.36. The Morgan fingerprint density at radius 2 is 2.00 bits per heavy atom. The van der Waals surface area contributed by atoms with Crippen molar-refractivity contribution in [1.82, 2.24) is 5.32 Å². The number of aryl methyl sites for hydroxylation is 2. The molecule has 1 aliphatic rings. The molecule has 0 bridgehead atoms. The summed E-state index contributed by atoms with van der Waals surface area (Å²) in [6, 6.07) is 6.76. The molecule has 14 heavy (non-hydrogen) atoms. The molecule has 0 saturated carbocycles. The van der Waals surface area contributed by atoms with Crippen molar-refractivity contribution < 1.29 is 0 Å². The second kappa shape index (κ2) is 3.39. The van der Waals surface area contributed by atoms with E-state index in [4.69, 9.17) is 0 Å². The van der Waals surface area contributed by atoms with Crippen molar-refractivity contribution in [3.63, 3.8) is 0 Å². The highest BCUT2D eigenvalue weighted by atomic mass is 15.0. The van der Waals surface area contributed by atoms with Gasteiger partial charge < -0.3 is 5.32 Å². The zero-order chi connectivity index (χ0) is 10.2. The summed E-state index contributed by atoms with van der Waals surface area (Å²) in [7, 11) is 0. The van der Waals surface area contributed by atoms with Gasteiger partial charge in [-0.05, 0) is 36.8 Å². The summed E-state index contributed by atoms with van der Waals surface area (Å²) in [5, 5.41) is 3.36. The molecule has 0 unspecified atom stereocenters. The standard InChI is InChI=1S/C13H19N/c1-10-4-5-11(2)12(6-10)7-13(3)8-14-9-13/h4-6,14H,7-9H2,1-3H3. The topological polar surface area (TPSA) is 12.0 Å². The van der Waals surface area contributed by atoms with Crippen LogP contribution in [-0.2, 0) is 6.42 Å². The average Bonchev–Trinajstić information content (AvgIpc) is 2.09. The Labute approximate surface area is 86.5 Å². The first-order chi connectivity index (χ1) is 6.59. The number of hydrogen-bond donors (Lipinski definition) is 1. The minimum Gasteiger partial charge on any atom is -0.316 e. The van der Waals surface area contributed by atoms with Gasteiger partial charge in [-0.1, -0.05) is 30.7 Å². The molecule has 1 aromatic carbocycles. The van der Waals surface area contributed by atoms with E-state index in [0.29, 0.717) is 5.41 Å². The lowest BCUT2D eigenvalue weighted by Gasteiger charge is -2.40. The molecule has 0 atom stereocenters. The molecular weight excluding hydrogens is 170 g/mol. The summed E-state index contributed by atoms with van der Waals surface area (Å²) < 4.78 is 0. The second-order valence-electron chi connectivity index (χ2n) is 5.02. The molecule has 1 aliphatic heterocycles. The van der Waals surface area contributed by atoms with Crippen molar-refractivity contribution in [2.75, 3.05) is 13.1 Å². The van der Waals surface area contributed by atoms with Crippen molar-refractivity contribution in [2.24, 2.45) is 5.41 Å². The highest BCUT2D eigenvalue weighted by Crippen LogP contribution is 2.28.